The number of alkyl halides is 3. The van der Waals surface area contributed by atoms with Crippen LogP contribution in [0, 0.1) is 5.92 Å². The number of nitrogens with zero attached hydrogens (tertiary/aromatic N) is 2. The number of hydrogen-bond acceptors (Lipinski definition) is 3. The quantitative estimate of drug-likeness (QED) is 0.835. The lowest BCUT2D eigenvalue weighted by Crippen LogP contribution is -2.62. The molecule has 3 fully saturated rings. The molecule has 3 aliphatic rings. The Bertz CT molecular complexity index is 314. The van der Waals surface area contributed by atoms with Crippen LogP contribution in [0.4, 0.5) is 13.2 Å². The zero-order chi connectivity index (χ0) is 14.2. The van der Waals surface area contributed by atoms with Crippen LogP contribution >= 0.6 is 0 Å². The van der Waals surface area contributed by atoms with Gasteiger partial charge in [-0.05, 0) is 25.7 Å². The van der Waals surface area contributed by atoms with Crippen LogP contribution in [-0.4, -0.2) is 67.3 Å². The molecule has 0 bridgehead atoms. The maximum atomic E-state index is 12.7. The Morgan fingerprint density at radius 3 is 1.65 bits per heavy atom. The van der Waals surface area contributed by atoms with Crippen LogP contribution in [0.15, 0.2) is 0 Å². The van der Waals surface area contributed by atoms with Gasteiger partial charge in [-0.25, -0.2) is 0 Å². The second-order valence-electron chi connectivity index (χ2n) is 6.43. The highest BCUT2D eigenvalue weighted by atomic mass is 19.4. The topological polar surface area (TPSA) is 18.5 Å². The Hall–Kier alpha value is -0.330. The SMILES string of the molecule is FC(F)(F)C1CCC(N2CCN(C3CNC3)CC2)CC1. The van der Waals surface area contributed by atoms with E-state index < -0.39 is 12.1 Å². The average molecular weight is 291 g/mol. The molecule has 116 valence electrons. The van der Waals surface area contributed by atoms with Gasteiger partial charge in [0.05, 0.1) is 5.92 Å². The minimum absolute atomic E-state index is 0.320. The summed E-state index contributed by atoms with van der Waals surface area (Å²) >= 11 is 0. The molecule has 0 amide bonds. The number of nitrogens with one attached hydrogen (secondary N) is 1. The van der Waals surface area contributed by atoms with Crippen molar-refractivity contribution in [3.8, 4) is 0 Å². The van der Waals surface area contributed by atoms with E-state index in [1.807, 2.05) is 0 Å². The molecule has 3 nitrogen and oxygen atoms in total. The number of hydrogen-bond donors (Lipinski definition) is 1. The molecule has 20 heavy (non-hydrogen) atoms. The van der Waals surface area contributed by atoms with Gasteiger partial charge in [-0.3, -0.25) is 9.80 Å². The molecule has 0 radical (unpaired) electrons. The van der Waals surface area contributed by atoms with E-state index in [1.165, 1.54) is 0 Å². The van der Waals surface area contributed by atoms with Gasteiger partial charge in [-0.2, -0.15) is 13.2 Å². The molecule has 1 N–H and O–H groups in total. The zero-order valence-electron chi connectivity index (χ0n) is 11.8. The van der Waals surface area contributed by atoms with E-state index >= 15 is 0 Å². The van der Waals surface area contributed by atoms with E-state index in [9.17, 15) is 13.2 Å². The molecule has 1 aliphatic carbocycles. The minimum Gasteiger partial charge on any atom is -0.314 e. The zero-order valence-corrected chi connectivity index (χ0v) is 11.8. The highest BCUT2D eigenvalue weighted by Gasteiger charge is 2.42. The van der Waals surface area contributed by atoms with Crippen LogP contribution < -0.4 is 5.32 Å². The molecule has 0 unspecified atom stereocenters. The molecule has 2 aliphatic heterocycles. The van der Waals surface area contributed by atoms with Crippen LogP contribution in [0.3, 0.4) is 0 Å². The van der Waals surface area contributed by atoms with Gasteiger partial charge in [-0.1, -0.05) is 0 Å². The Kier molecular flexibility index (Phi) is 4.24. The van der Waals surface area contributed by atoms with E-state index in [-0.39, 0.29) is 0 Å². The summed E-state index contributed by atoms with van der Waals surface area (Å²) < 4.78 is 38.0. The van der Waals surface area contributed by atoms with Crippen molar-refractivity contribution in [2.45, 2.75) is 43.9 Å². The van der Waals surface area contributed by atoms with Crippen LogP contribution in [-0.2, 0) is 0 Å². The van der Waals surface area contributed by atoms with Gasteiger partial charge in [0.25, 0.3) is 0 Å². The summed E-state index contributed by atoms with van der Waals surface area (Å²) in [5, 5.41) is 3.29. The van der Waals surface area contributed by atoms with E-state index in [1.54, 1.807) is 0 Å². The summed E-state index contributed by atoms with van der Waals surface area (Å²) in [5.41, 5.74) is 0. The third kappa shape index (κ3) is 3.12. The molecule has 0 spiro atoms. The average Bonchev–Trinajstić information content (AvgIpc) is 2.37. The summed E-state index contributed by atoms with van der Waals surface area (Å²) in [6, 6.07) is 1.08. The minimum atomic E-state index is -3.99. The maximum Gasteiger partial charge on any atom is 0.391 e. The Labute approximate surface area is 118 Å². The predicted octanol–water partition coefficient (Wildman–Crippen LogP) is 1.70. The van der Waals surface area contributed by atoms with E-state index in [4.69, 9.17) is 0 Å². The molecule has 0 aromatic rings. The van der Waals surface area contributed by atoms with E-state index in [2.05, 4.69) is 15.1 Å². The van der Waals surface area contributed by atoms with E-state index in [0.717, 1.165) is 52.1 Å². The molecular weight excluding hydrogens is 267 g/mol. The van der Waals surface area contributed by atoms with Gasteiger partial charge in [-0.15, -0.1) is 0 Å². The third-order valence-corrected chi connectivity index (χ3v) is 5.30. The smallest absolute Gasteiger partial charge is 0.314 e. The first-order valence-electron chi connectivity index (χ1n) is 7.79. The Balaban J connectivity index is 1.43. The van der Waals surface area contributed by atoms with Crippen LogP contribution in [0.1, 0.15) is 25.7 Å². The van der Waals surface area contributed by atoms with Crippen molar-refractivity contribution in [3.63, 3.8) is 0 Å². The predicted molar refractivity (Wildman–Crippen MR) is 71.6 cm³/mol. The summed E-state index contributed by atoms with van der Waals surface area (Å²) in [5.74, 6) is -1.05. The molecular formula is C14H24F3N3. The van der Waals surface area contributed by atoms with Crippen LogP contribution in [0.5, 0.6) is 0 Å². The summed E-state index contributed by atoms with van der Waals surface area (Å²) in [4.78, 5) is 4.95. The molecule has 2 heterocycles. The monoisotopic (exact) mass is 291 g/mol. The van der Waals surface area contributed by atoms with Crippen LogP contribution in [0.25, 0.3) is 0 Å². The fraction of sp³-hybridized carbons (Fsp3) is 1.00. The van der Waals surface area contributed by atoms with Crippen molar-refractivity contribution >= 4 is 0 Å². The van der Waals surface area contributed by atoms with Crippen molar-refractivity contribution in [1.82, 2.24) is 15.1 Å². The fourth-order valence-electron chi connectivity index (χ4n) is 3.77. The third-order valence-electron chi connectivity index (χ3n) is 5.30. The number of halogens is 3. The normalized spacial score (nSPS) is 35.0. The van der Waals surface area contributed by atoms with Gasteiger partial charge in [0.15, 0.2) is 0 Å². The second-order valence-corrected chi connectivity index (χ2v) is 6.43. The molecule has 0 atom stereocenters. The lowest BCUT2D eigenvalue weighted by Gasteiger charge is -2.46. The van der Waals surface area contributed by atoms with Gasteiger partial charge in [0, 0.05) is 51.4 Å². The van der Waals surface area contributed by atoms with Crippen molar-refractivity contribution in [2.24, 2.45) is 5.92 Å². The van der Waals surface area contributed by atoms with Crippen molar-refractivity contribution in [1.29, 1.82) is 0 Å². The largest absolute Gasteiger partial charge is 0.391 e. The lowest BCUT2D eigenvalue weighted by atomic mass is 9.84. The first-order valence-corrected chi connectivity index (χ1v) is 7.79. The lowest BCUT2D eigenvalue weighted by molar-refractivity contribution is -0.184. The molecule has 6 heteroatoms. The summed E-state index contributed by atoms with van der Waals surface area (Å²) in [7, 11) is 0. The van der Waals surface area contributed by atoms with Crippen molar-refractivity contribution in [2.75, 3.05) is 39.3 Å². The molecule has 2 saturated heterocycles. The van der Waals surface area contributed by atoms with Gasteiger partial charge in [0.2, 0.25) is 0 Å². The molecule has 1 saturated carbocycles. The maximum absolute atomic E-state index is 12.7. The van der Waals surface area contributed by atoms with Gasteiger partial charge < -0.3 is 5.32 Å². The Morgan fingerprint density at radius 1 is 0.750 bits per heavy atom. The van der Waals surface area contributed by atoms with Gasteiger partial charge in [0.1, 0.15) is 0 Å². The fourth-order valence-corrected chi connectivity index (χ4v) is 3.77. The molecule has 0 aromatic heterocycles. The van der Waals surface area contributed by atoms with Crippen molar-refractivity contribution in [3.05, 3.63) is 0 Å². The van der Waals surface area contributed by atoms with E-state index in [0.29, 0.717) is 24.9 Å². The first kappa shape index (κ1) is 14.6. The second kappa shape index (κ2) is 5.81. The standard InChI is InChI=1S/C14H24F3N3/c15-14(16,17)11-1-3-12(4-2-11)19-5-7-20(8-6-19)13-9-18-10-13/h11-13,18H,1-10H2. The molecule has 3 rings (SSSR count). The number of rotatable bonds is 2. The number of piperazine rings is 1. The first-order chi connectivity index (χ1) is 9.54. The van der Waals surface area contributed by atoms with Crippen LogP contribution in [0.2, 0.25) is 0 Å². The Morgan fingerprint density at radius 2 is 1.25 bits per heavy atom. The van der Waals surface area contributed by atoms with Gasteiger partial charge >= 0.3 is 6.18 Å². The summed E-state index contributed by atoms with van der Waals surface area (Å²) in [6.45, 7) is 6.39. The summed E-state index contributed by atoms with van der Waals surface area (Å²) in [6.07, 6.45) is -1.91. The van der Waals surface area contributed by atoms with Crippen molar-refractivity contribution < 1.29 is 13.2 Å². The highest BCUT2D eigenvalue weighted by Crippen LogP contribution is 2.38. The molecule has 0 aromatic carbocycles. The highest BCUT2D eigenvalue weighted by molar-refractivity contribution is 4.90.